The molecule has 0 atom stereocenters. The van der Waals surface area contributed by atoms with Gasteiger partial charge in [0, 0.05) is 5.39 Å². The van der Waals surface area contributed by atoms with Crippen molar-refractivity contribution in [2.75, 3.05) is 13.1 Å². The highest BCUT2D eigenvalue weighted by molar-refractivity contribution is 5.80. The van der Waals surface area contributed by atoms with Crippen molar-refractivity contribution in [3.8, 4) is 0 Å². The van der Waals surface area contributed by atoms with Gasteiger partial charge in [0.15, 0.2) is 0 Å². The summed E-state index contributed by atoms with van der Waals surface area (Å²) >= 11 is 0. The number of aryl methyl sites for hydroxylation is 1. The summed E-state index contributed by atoms with van der Waals surface area (Å²) in [6.45, 7) is 4.61. The normalized spacial score (nSPS) is 14.2. The third-order valence-corrected chi connectivity index (χ3v) is 2.59. The second-order valence-corrected chi connectivity index (χ2v) is 3.67. The third-order valence-electron chi connectivity index (χ3n) is 2.59. The molecule has 1 aromatic carbocycles. The lowest BCUT2D eigenvalue weighted by molar-refractivity contribution is 0.527. The zero-order valence-electron chi connectivity index (χ0n) is 9.09. The molecule has 3 nitrogen and oxygen atoms in total. The van der Waals surface area contributed by atoms with Gasteiger partial charge >= 0.3 is 0 Å². The summed E-state index contributed by atoms with van der Waals surface area (Å²) in [5, 5.41) is 11.5. The van der Waals surface area contributed by atoms with Crippen molar-refractivity contribution in [3.63, 3.8) is 0 Å². The van der Waals surface area contributed by atoms with Crippen LogP contribution in [-0.4, -0.2) is 23.3 Å². The van der Waals surface area contributed by atoms with Crippen LogP contribution in [0.5, 0.6) is 0 Å². The number of hydrogen-bond donors (Lipinski definition) is 2. The summed E-state index contributed by atoms with van der Waals surface area (Å²) in [5.41, 5.74) is 2.28. The second kappa shape index (κ2) is 4.94. The first-order chi connectivity index (χ1) is 7.42. The van der Waals surface area contributed by atoms with Crippen molar-refractivity contribution in [1.82, 2.24) is 15.5 Å². The van der Waals surface area contributed by atoms with Crippen molar-refractivity contribution < 1.29 is 0 Å². The van der Waals surface area contributed by atoms with Gasteiger partial charge in [-0.2, -0.15) is 5.10 Å². The average molecular weight is 203 g/mol. The van der Waals surface area contributed by atoms with Gasteiger partial charge in [0.25, 0.3) is 0 Å². The van der Waals surface area contributed by atoms with Crippen LogP contribution < -0.4 is 5.32 Å². The molecule has 0 aliphatic carbocycles. The van der Waals surface area contributed by atoms with Crippen LogP contribution in [0.3, 0.4) is 0 Å². The number of hydrogen-bond acceptors (Lipinski definition) is 2. The molecule has 0 saturated carbocycles. The van der Waals surface area contributed by atoms with Crippen molar-refractivity contribution in [2.24, 2.45) is 0 Å². The van der Waals surface area contributed by atoms with Crippen LogP contribution >= 0.6 is 0 Å². The summed E-state index contributed by atoms with van der Waals surface area (Å²) in [6, 6.07) is 8.19. The van der Waals surface area contributed by atoms with E-state index in [0.29, 0.717) is 0 Å². The van der Waals surface area contributed by atoms with E-state index in [2.05, 4.69) is 28.5 Å². The van der Waals surface area contributed by atoms with Gasteiger partial charge in [0.1, 0.15) is 0 Å². The van der Waals surface area contributed by atoms with Gasteiger partial charge in [-0.05, 0) is 32.0 Å². The van der Waals surface area contributed by atoms with Gasteiger partial charge < -0.3 is 5.32 Å². The van der Waals surface area contributed by atoms with E-state index in [9.17, 15) is 0 Å². The minimum Gasteiger partial charge on any atom is -0.317 e. The molecular formula is C12H17N3. The Balaban J connectivity index is 0.000000179. The van der Waals surface area contributed by atoms with Crippen molar-refractivity contribution in [2.45, 2.75) is 19.8 Å². The molecule has 80 valence electrons. The second-order valence-electron chi connectivity index (χ2n) is 3.67. The zero-order chi connectivity index (χ0) is 10.5. The highest BCUT2D eigenvalue weighted by atomic mass is 15.1. The Kier molecular flexibility index (Phi) is 3.35. The number of para-hydroxylation sites is 1. The van der Waals surface area contributed by atoms with E-state index in [1.54, 1.807) is 0 Å². The molecular weight excluding hydrogens is 186 g/mol. The first kappa shape index (κ1) is 10.2. The van der Waals surface area contributed by atoms with E-state index in [4.69, 9.17) is 0 Å². The molecule has 3 rings (SSSR count). The number of fused-ring (bicyclic) bond motifs is 1. The zero-order valence-corrected chi connectivity index (χ0v) is 9.09. The number of aromatic nitrogens is 2. The molecule has 2 heterocycles. The van der Waals surface area contributed by atoms with E-state index >= 15 is 0 Å². The van der Waals surface area contributed by atoms with E-state index in [0.717, 1.165) is 17.6 Å². The Bertz CT molecular complexity index is 411. The minimum absolute atomic E-state index is 0.990. The fraction of sp³-hybridized carbons (Fsp3) is 0.417. The summed E-state index contributed by atoms with van der Waals surface area (Å²) in [7, 11) is 0. The monoisotopic (exact) mass is 203 g/mol. The average Bonchev–Trinajstić information content (AvgIpc) is 2.58. The van der Waals surface area contributed by atoms with Crippen LogP contribution in [0.25, 0.3) is 10.9 Å². The molecule has 0 unspecified atom stereocenters. The third kappa shape index (κ3) is 2.36. The quantitative estimate of drug-likeness (QED) is 0.745. The molecule has 1 fully saturated rings. The Morgan fingerprint density at radius 3 is 2.53 bits per heavy atom. The standard InChI is InChI=1S/C9H10N2.C3H7N/c1-2-8-7-5-3-4-6-9(7)11-10-8;1-2-4-3-1/h3-6H,2H2,1H3,(H,10,11);4H,1-3H2. The number of H-pyrrole nitrogens is 1. The molecule has 15 heavy (non-hydrogen) atoms. The first-order valence-electron chi connectivity index (χ1n) is 5.54. The number of benzene rings is 1. The molecule has 1 aliphatic rings. The van der Waals surface area contributed by atoms with E-state index < -0.39 is 0 Å². The maximum Gasteiger partial charge on any atom is 0.0698 e. The summed E-state index contributed by atoms with van der Waals surface area (Å²) in [4.78, 5) is 0. The fourth-order valence-electron chi connectivity index (χ4n) is 1.47. The van der Waals surface area contributed by atoms with E-state index in [-0.39, 0.29) is 0 Å². The van der Waals surface area contributed by atoms with Crippen molar-refractivity contribution in [3.05, 3.63) is 30.0 Å². The van der Waals surface area contributed by atoms with E-state index in [1.165, 1.54) is 24.9 Å². The molecule has 0 spiro atoms. The van der Waals surface area contributed by atoms with Crippen LogP contribution in [0, 0.1) is 0 Å². The lowest BCUT2D eigenvalue weighted by Crippen LogP contribution is -2.29. The van der Waals surface area contributed by atoms with E-state index in [1.807, 2.05) is 18.2 Å². The maximum atomic E-state index is 4.19. The smallest absolute Gasteiger partial charge is 0.0698 e. The molecule has 2 N–H and O–H groups in total. The highest BCUT2D eigenvalue weighted by Crippen LogP contribution is 2.14. The summed E-state index contributed by atoms with van der Waals surface area (Å²) in [6.07, 6.45) is 2.38. The number of nitrogens with zero attached hydrogens (tertiary/aromatic N) is 1. The molecule has 0 amide bonds. The van der Waals surface area contributed by atoms with Gasteiger partial charge in [0.05, 0.1) is 11.2 Å². The van der Waals surface area contributed by atoms with Crippen LogP contribution in [0.2, 0.25) is 0 Å². The Hall–Kier alpha value is -1.35. The largest absolute Gasteiger partial charge is 0.317 e. The van der Waals surface area contributed by atoms with Gasteiger partial charge in [-0.25, -0.2) is 0 Å². The predicted octanol–water partition coefficient (Wildman–Crippen LogP) is 2.10. The molecule has 1 aliphatic heterocycles. The summed E-state index contributed by atoms with van der Waals surface area (Å²) < 4.78 is 0. The SMILES string of the molecule is C1CNC1.CCc1n[nH]c2ccccc12. The van der Waals surface area contributed by atoms with Crippen LogP contribution in [0.4, 0.5) is 0 Å². The molecule has 2 aromatic rings. The van der Waals surface area contributed by atoms with Crippen molar-refractivity contribution in [1.29, 1.82) is 0 Å². The fourth-order valence-corrected chi connectivity index (χ4v) is 1.47. The van der Waals surface area contributed by atoms with Crippen LogP contribution in [0.1, 0.15) is 19.0 Å². The van der Waals surface area contributed by atoms with Gasteiger partial charge in [-0.1, -0.05) is 25.1 Å². The summed E-state index contributed by atoms with van der Waals surface area (Å²) in [5.74, 6) is 0. The number of rotatable bonds is 1. The molecule has 1 aromatic heterocycles. The first-order valence-corrected chi connectivity index (χ1v) is 5.54. The van der Waals surface area contributed by atoms with Gasteiger partial charge in [-0.3, -0.25) is 5.10 Å². The lowest BCUT2D eigenvalue weighted by atomic mass is 10.2. The molecule has 1 saturated heterocycles. The number of nitrogens with one attached hydrogen (secondary N) is 2. The molecule has 0 bridgehead atoms. The Labute approximate surface area is 89.9 Å². The Morgan fingerprint density at radius 1 is 1.27 bits per heavy atom. The predicted molar refractivity (Wildman–Crippen MR) is 63.0 cm³/mol. The molecule has 0 radical (unpaired) electrons. The topological polar surface area (TPSA) is 40.7 Å². The van der Waals surface area contributed by atoms with Gasteiger partial charge in [-0.15, -0.1) is 0 Å². The number of aromatic amines is 1. The lowest BCUT2D eigenvalue weighted by Gasteiger charge is -2.09. The van der Waals surface area contributed by atoms with Gasteiger partial charge in [0.2, 0.25) is 0 Å². The molecule has 3 heteroatoms. The highest BCUT2D eigenvalue weighted by Gasteiger charge is 1.99. The Morgan fingerprint density at radius 2 is 1.93 bits per heavy atom. The van der Waals surface area contributed by atoms with Crippen LogP contribution in [0.15, 0.2) is 24.3 Å². The minimum atomic E-state index is 0.990. The van der Waals surface area contributed by atoms with Crippen molar-refractivity contribution >= 4 is 10.9 Å². The maximum absolute atomic E-state index is 4.19. The van der Waals surface area contributed by atoms with Crippen LogP contribution in [-0.2, 0) is 6.42 Å².